The minimum Gasteiger partial charge on any atom is -0.481 e. The number of aliphatic hydroxyl groups is 1. The zero-order valence-corrected chi connectivity index (χ0v) is 55.5. The molecule has 1 aromatic carbocycles. The summed E-state index contributed by atoms with van der Waals surface area (Å²) in [7, 11) is 2.92. The summed E-state index contributed by atoms with van der Waals surface area (Å²) in [6.45, 7) is 4.89. The topological polar surface area (TPSA) is 369 Å². The van der Waals surface area contributed by atoms with Crippen LogP contribution in [-0.4, -0.2) is 131 Å². The highest BCUT2D eigenvalue weighted by Crippen LogP contribution is 2.42. The van der Waals surface area contributed by atoms with Crippen LogP contribution in [0.25, 0.3) is 43.4 Å². The number of nitrogens with zero attached hydrogens (tertiary/aromatic N) is 8. The Balaban J connectivity index is 0.979. The number of aromatic nitrogens is 7. The van der Waals surface area contributed by atoms with E-state index in [1.165, 1.54) is 53.1 Å². The van der Waals surface area contributed by atoms with E-state index in [1.54, 1.807) is 70.9 Å². The molecule has 0 radical (unpaired) electrons. The maximum absolute atomic E-state index is 14.5. The maximum Gasteiger partial charge on any atom is 0.416 e. The molecule has 10 bridgehead atoms. The van der Waals surface area contributed by atoms with Crippen molar-refractivity contribution in [2.24, 2.45) is 17.8 Å². The molecule has 2 fully saturated rings. The molecule has 0 unspecified atom stereocenters. The summed E-state index contributed by atoms with van der Waals surface area (Å²) >= 11 is 7.01. The number of methoxy groups -OCH3 is 1. The predicted octanol–water partition coefficient (Wildman–Crippen LogP) is 9.15. The quantitative estimate of drug-likeness (QED) is 0.0533. The third-order valence-electron chi connectivity index (χ3n) is 16.1. The van der Waals surface area contributed by atoms with Crippen LogP contribution < -0.4 is 31.5 Å². The standard InChI is InChI=1S/C61H63N13O13S6/c1-27(2)44-58-73-47(40(93-58)22-86-5)51(79)63-21-43(76)70-48(49(77)29-9-7-6-8-10-29)57-68-39(25-90-57)55-66-37(23-89-55)46-34(53-67-38(24-88-53)50(78)65-36(20-42(75)62-4)56-72-45(28(3)92-56)52(80)71-44)17-18-35(64-46)54-69-41(26-91-54)74(32-14-11-31(19-32)60(83)84)61(85)87-33-15-12-30(13-16-33)59(81)82/h6-10,17-18,23-27,30-33,36,44,48-49,77H,11-16,19-22H2,1-5H3,(H,62,75)(H,63,79)(H,65,78)(H,70,76)(H,71,80)(H,81,82)(H,83,84)/t30?,31-,32-,33?,36+,44+,48+,49+/m1/s1. The molecule has 1 aliphatic heterocycles. The molecule has 3 aliphatic rings. The average molecular weight is 1380 g/mol. The van der Waals surface area contributed by atoms with Gasteiger partial charge in [-0.1, -0.05) is 44.2 Å². The first-order valence-corrected chi connectivity index (χ1v) is 34.8. The van der Waals surface area contributed by atoms with Gasteiger partial charge in [0, 0.05) is 52.2 Å². The number of amides is 6. The lowest BCUT2D eigenvalue weighted by molar-refractivity contribution is -0.143. The normalized spacial score (nSPS) is 20.8. The van der Waals surface area contributed by atoms with Crippen LogP contribution in [0, 0.1) is 24.7 Å². The molecule has 7 aromatic heterocycles. The molecule has 32 heteroatoms. The van der Waals surface area contributed by atoms with Crippen molar-refractivity contribution in [1.82, 2.24) is 61.5 Å². The van der Waals surface area contributed by atoms with Gasteiger partial charge in [-0.25, -0.2) is 39.7 Å². The number of carboxylic acids is 2. The Morgan fingerprint density at radius 2 is 1.35 bits per heavy atom. The second kappa shape index (κ2) is 28.9. The summed E-state index contributed by atoms with van der Waals surface area (Å²) < 4.78 is 11.5. The van der Waals surface area contributed by atoms with E-state index in [2.05, 4.69) is 26.6 Å². The molecule has 93 heavy (non-hydrogen) atoms. The number of fused-ring (bicyclic) bond motifs is 14. The molecule has 8 N–H and O–H groups in total. The first-order valence-electron chi connectivity index (χ1n) is 29.6. The second-order valence-electron chi connectivity index (χ2n) is 22.7. The highest BCUT2D eigenvalue weighted by molar-refractivity contribution is 7.15. The van der Waals surface area contributed by atoms with E-state index in [4.69, 9.17) is 44.4 Å². The van der Waals surface area contributed by atoms with Crippen LogP contribution in [0.1, 0.15) is 151 Å². The van der Waals surface area contributed by atoms with Gasteiger partial charge in [-0.2, -0.15) is 0 Å². The van der Waals surface area contributed by atoms with Crippen molar-refractivity contribution < 1.29 is 63.1 Å². The summed E-state index contributed by atoms with van der Waals surface area (Å²) in [5, 5.41) is 54.5. The Labute approximate surface area is 555 Å². The SMILES string of the molecule is CNC(=O)C[C@@H]1NC(=O)c2csc(n2)-c2ccc(-c3nc(N(C(=O)OC4CCC(C(=O)O)CC4)[C@@H]4CC[C@@H](C(=O)O)C4)cs3)nc2-c2csc(n2)-c2csc(n2)[C@H]([C@@H](O)c2ccccc2)NC(=O)CNC(=O)c2nc(sc2COC)[C@H](C(C)C)NC(=O)c2nc1sc2C. The van der Waals surface area contributed by atoms with Gasteiger partial charge in [0.25, 0.3) is 17.7 Å². The monoisotopic (exact) mass is 1380 g/mol. The van der Waals surface area contributed by atoms with Crippen LogP contribution in [0.15, 0.2) is 64.0 Å². The zero-order valence-electron chi connectivity index (χ0n) is 50.6. The van der Waals surface area contributed by atoms with Crippen molar-refractivity contribution in [2.45, 2.75) is 115 Å². The number of aliphatic carboxylic acids is 2. The van der Waals surface area contributed by atoms with E-state index in [1.807, 2.05) is 13.8 Å². The van der Waals surface area contributed by atoms with Gasteiger partial charge in [-0.05, 0) is 75.5 Å². The number of hydrogen-bond donors (Lipinski definition) is 8. The van der Waals surface area contributed by atoms with Crippen molar-refractivity contribution >= 4 is 121 Å². The van der Waals surface area contributed by atoms with Crippen molar-refractivity contribution in [3.8, 4) is 43.4 Å². The number of carbonyl (C=O) groups excluding carboxylic acids is 6. The molecule has 0 saturated heterocycles. The third kappa shape index (κ3) is 14.9. The van der Waals surface area contributed by atoms with Gasteiger partial charge in [0.05, 0.1) is 54.1 Å². The van der Waals surface area contributed by atoms with E-state index >= 15 is 0 Å². The van der Waals surface area contributed by atoms with Gasteiger partial charge in [-0.3, -0.25) is 38.5 Å². The average Bonchev–Trinajstić information content (AvgIpc) is 1.71. The van der Waals surface area contributed by atoms with Crippen molar-refractivity contribution in [3.05, 3.63) is 111 Å². The molecule has 11 rings (SSSR count). The number of rotatable bonds is 13. The number of pyridine rings is 1. The first-order chi connectivity index (χ1) is 44.7. The fourth-order valence-electron chi connectivity index (χ4n) is 11.2. The number of thiazole rings is 6. The van der Waals surface area contributed by atoms with Crippen LogP contribution >= 0.6 is 68.0 Å². The minimum atomic E-state index is -1.31. The highest BCUT2D eigenvalue weighted by atomic mass is 32.1. The number of benzene rings is 1. The second-order valence-corrected chi connectivity index (χ2v) is 28.5. The van der Waals surface area contributed by atoms with Crippen LogP contribution in [0.5, 0.6) is 0 Å². The Hall–Kier alpha value is -8.37. The first kappa shape index (κ1) is 66.1. The van der Waals surface area contributed by atoms with Crippen LogP contribution in [-0.2, 0) is 35.3 Å². The minimum absolute atomic E-state index is 0.0110. The largest absolute Gasteiger partial charge is 0.481 e. The van der Waals surface area contributed by atoms with Crippen molar-refractivity contribution in [3.63, 3.8) is 0 Å². The van der Waals surface area contributed by atoms with Gasteiger partial charge in [0.2, 0.25) is 11.8 Å². The van der Waals surface area contributed by atoms with E-state index < -0.39 is 102 Å². The number of aryl methyl sites for hydroxylation is 1. The Bertz CT molecular complexity index is 4120. The number of carbonyl (C=O) groups is 8. The van der Waals surface area contributed by atoms with Gasteiger partial charge in [0.1, 0.15) is 88.3 Å². The highest BCUT2D eigenvalue weighted by Gasteiger charge is 2.40. The summed E-state index contributed by atoms with van der Waals surface area (Å²) in [5.41, 5.74) is 2.34. The molecular formula is C61H63N13O13S6. The zero-order chi connectivity index (χ0) is 65.8. The van der Waals surface area contributed by atoms with Crippen molar-refractivity contribution in [2.75, 3.05) is 25.6 Å². The molecule has 8 heterocycles. The number of nitrogens with one attached hydrogen (secondary N) is 5. The number of anilines is 1. The van der Waals surface area contributed by atoms with Gasteiger partial charge in [0.15, 0.2) is 0 Å². The molecule has 6 amide bonds. The molecule has 2 aliphatic carbocycles. The molecule has 2 saturated carbocycles. The summed E-state index contributed by atoms with van der Waals surface area (Å²) in [5.74, 6) is -6.16. The lowest BCUT2D eigenvalue weighted by atomic mass is 9.87. The molecule has 8 aromatic rings. The maximum atomic E-state index is 14.5. The van der Waals surface area contributed by atoms with Crippen molar-refractivity contribution in [1.29, 1.82) is 0 Å². The number of hydrogen-bond acceptors (Lipinski definition) is 24. The molecule has 486 valence electrons. The molecular weight excluding hydrogens is 1320 g/mol. The lowest BCUT2D eigenvalue weighted by Gasteiger charge is -2.31. The Morgan fingerprint density at radius 1 is 0.667 bits per heavy atom. The Morgan fingerprint density at radius 3 is 2.08 bits per heavy atom. The van der Waals surface area contributed by atoms with Gasteiger partial charge < -0.3 is 51.4 Å². The van der Waals surface area contributed by atoms with Crippen LogP contribution in [0.2, 0.25) is 0 Å². The number of aliphatic hydroxyl groups excluding tert-OH is 1. The summed E-state index contributed by atoms with van der Waals surface area (Å²) in [6, 6.07) is 8.71. The lowest BCUT2D eigenvalue weighted by Crippen LogP contribution is -2.42. The van der Waals surface area contributed by atoms with E-state index in [0.29, 0.717) is 107 Å². The number of ether oxygens (including phenoxy) is 2. The summed E-state index contributed by atoms with van der Waals surface area (Å²) in [4.78, 5) is 145. The fraction of sp³-hybridized carbons (Fsp3) is 0.393. The molecule has 0 spiro atoms. The van der Waals surface area contributed by atoms with Crippen LogP contribution in [0.4, 0.5) is 10.6 Å². The fourth-order valence-corrected chi connectivity index (χ4v) is 16.7. The molecule has 26 nitrogen and oxygen atoms in total. The third-order valence-corrected chi connectivity index (χ3v) is 21.8. The van der Waals surface area contributed by atoms with E-state index in [9.17, 15) is 53.7 Å². The van der Waals surface area contributed by atoms with Gasteiger partial charge in [-0.15, -0.1) is 68.0 Å². The number of carboxylic acid groups (broad SMARTS) is 2. The Kier molecular flexibility index (Phi) is 20.5. The van der Waals surface area contributed by atoms with Gasteiger partial charge >= 0.3 is 18.0 Å². The van der Waals surface area contributed by atoms with E-state index in [-0.39, 0.29) is 53.3 Å². The van der Waals surface area contributed by atoms with E-state index in [0.717, 1.165) is 34.0 Å². The smallest absolute Gasteiger partial charge is 0.416 e. The van der Waals surface area contributed by atoms with Crippen LogP contribution in [0.3, 0.4) is 0 Å². The summed E-state index contributed by atoms with van der Waals surface area (Å²) in [6.07, 6.45) is -0.583. The molecule has 6 atom stereocenters. The predicted molar refractivity (Wildman–Crippen MR) is 348 cm³/mol.